The van der Waals surface area contributed by atoms with E-state index >= 15 is 0 Å². The molecular weight excluding hydrogens is 840 g/mol. The van der Waals surface area contributed by atoms with Gasteiger partial charge in [0.1, 0.15) is 22.6 Å². The molecule has 0 radical (unpaired) electrons. The SMILES string of the molecule is OCC(CO)(CO)C[O][Al]1[n]2c3c4cc5ccccc5cc4c2N=C2N=C(N=c4c5cc6ccccc6cc5c([n]41)=NC1=NC(=N3)c3cc4ccccc4cc31)c1cc3ccccc3cc12. The van der Waals surface area contributed by atoms with E-state index in [1.54, 1.807) is 0 Å². The summed E-state index contributed by atoms with van der Waals surface area (Å²) >= 11 is -3.42. The highest BCUT2D eigenvalue weighted by atomic mass is 27.2. The number of aromatic nitrogens is 2. The van der Waals surface area contributed by atoms with Gasteiger partial charge in [-0.05, 0) is 91.6 Å². The lowest BCUT2D eigenvalue weighted by molar-refractivity contribution is -0.0278. The summed E-state index contributed by atoms with van der Waals surface area (Å²) in [6, 6.07) is 50.1. The third-order valence-corrected chi connectivity index (χ3v) is 16.0. The van der Waals surface area contributed by atoms with Crippen molar-refractivity contribution >= 4 is 115 Å². The number of benzene rings is 8. The molecule has 0 fully saturated rings. The molecule has 4 aliphatic heterocycles. The van der Waals surface area contributed by atoms with Gasteiger partial charge < -0.3 is 26.2 Å². The van der Waals surface area contributed by atoms with Gasteiger partial charge >= 0.3 is 14.9 Å². The van der Waals surface area contributed by atoms with Crippen LogP contribution in [0.15, 0.2) is 176 Å². The highest BCUT2D eigenvalue weighted by Crippen LogP contribution is 2.44. The summed E-state index contributed by atoms with van der Waals surface area (Å²) in [5.74, 6) is 3.12. The lowest BCUT2D eigenvalue weighted by atomic mass is 9.93. The quantitative estimate of drug-likeness (QED) is 0.148. The number of hydrogen-bond donors (Lipinski definition) is 3. The van der Waals surface area contributed by atoms with Gasteiger partial charge in [0.25, 0.3) is 0 Å². The van der Waals surface area contributed by atoms with Crippen molar-refractivity contribution in [2.45, 2.75) is 0 Å². The number of nitrogens with zero attached hydrogens (tertiary/aromatic N) is 8. The molecule has 6 heterocycles. The lowest BCUT2D eigenvalue weighted by Gasteiger charge is -2.29. The monoisotopic (exact) mass is 874 g/mol. The minimum atomic E-state index is -3.42. The van der Waals surface area contributed by atoms with Crippen LogP contribution in [0.5, 0.6) is 0 Å². The second-order valence-electron chi connectivity index (χ2n) is 17.6. The molecular formula is C53H35AlN8O4. The van der Waals surface area contributed by atoms with E-state index in [9.17, 15) is 15.3 Å². The fourth-order valence-corrected chi connectivity index (χ4v) is 12.7. The molecule has 13 heteroatoms. The van der Waals surface area contributed by atoms with Crippen molar-refractivity contribution in [1.82, 2.24) is 7.10 Å². The number of hydrogen-bond acceptors (Lipinski definition) is 10. The van der Waals surface area contributed by atoms with Crippen LogP contribution in [0, 0.1) is 5.41 Å². The van der Waals surface area contributed by atoms with Crippen LogP contribution in [0.3, 0.4) is 0 Å². The Morgan fingerprint density at radius 1 is 0.394 bits per heavy atom. The zero-order chi connectivity index (χ0) is 43.8. The third kappa shape index (κ3) is 5.41. The fourth-order valence-electron chi connectivity index (χ4n) is 10.0. The van der Waals surface area contributed by atoms with Gasteiger partial charge in [-0.3, -0.25) is 0 Å². The zero-order valence-corrected chi connectivity index (χ0v) is 36.2. The normalized spacial score (nSPS) is 14.9. The van der Waals surface area contributed by atoms with Crippen molar-refractivity contribution < 1.29 is 19.1 Å². The number of aliphatic hydroxyl groups is 3. The molecule has 0 amide bonds. The van der Waals surface area contributed by atoms with Crippen LogP contribution in [0.2, 0.25) is 0 Å². The Morgan fingerprint density at radius 3 is 1.06 bits per heavy atom. The summed E-state index contributed by atoms with van der Waals surface area (Å²) in [6.45, 7) is -1.75. The predicted octanol–water partition coefficient (Wildman–Crippen LogP) is 7.51. The second kappa shape index (κ2) is 14.0. The number of fused-ring (bicyclic) bond motifs is 18. The standard InChI is InChI=1S/C48H24N8.C5H11O4.Al/c1-2-10-26-18-34-33(17-25(26)9-1)41-49-42(34)54-44-37-21-29-13-5-6-14-30(29)22-38(37)46(51-44)56-48-40-24-32-16-8-7-15-31(32)23-39(40)47(52-48)55-45-36-20-28-12-4-3-11-27(28)19-35(36)43(50-45)53-41;6-1-5(2-7,3-8)4-9;/h1-24H;6-8H,1-4H2;/q-2;-1;+3. The largest absolute Gasteiger partial charge is 0.809 e. The first-order chi connectivity index (χ1) is 32.5. The average molecular weight is 875 g/mol. The Hall–Kier alpha value is -7.47. The average Bonchev–Trinajstić information content (AvgIpc) is 4.05. The predicted molar refractivity (Wildman–Crippen MR) is 261 cm³/mol. The van der Waals surface area contributed by atoms with Gasteiger partial charge in [-0.2, -0.15) is 0 Å². The van der Waals surface area contributed by atoms with E-state index in [0.717, 1.165) is 86.9 Å². The summed E-state index contributed by atoms with van der Waals surface area (Å²) in [5.41, 5.74) is 3.12. The van der Waals surface area contributed by atoms with Crippen molar-refractivity contribution in [3.8, 4) is 0 Å². The minimum absolute atomic E-state index is 0.204. The van der Waals surface area contributed by atoms with Crippen molar-refractivity contribution in [2.75, 3.05) is 26.4 Å². The maximum atomic E-state index is 10.8. The molecule has 12 nitrogen and oxygen atoms in total. The Labute approximate surface area is 379 Å². The minimum Gasteiger partial charge on any atom is -0.464 e. The molecule has 8 aromatic carbocycles. The van der Waals surface area contributed by atoms with Crippen LogP contribution >= 0.6 is 0 Å². The first-order valence-corrected chi connectivity index (χ1v) is 23.4. The Balaban J connectivity index is 1.23. The number of aliphatic hydroxyl groups excluding tert-OH is 3. The second-order valence-corrected chi connectivity index (χ2v) is 19.6. The van der Waals surface area contributed by atoms with Gasteiger partial charge in [0.15, 0.2) is 23.3 Å². The van der Waals surface area contributed by atoms with E-state index in [1.807, 2.05) is 48.5 Å². The third-order valence-electron chi connectivity index (χ3n) is 13.6. The van der Waals surface area contributed by atoms with Gasteiger partial charge in [-0.25, -0.2) is 30.0 Å². The van der Waals surface area contributed by atoms with Gasteiger partial charge in [0, 0.05) is 50.4 Å². The molecule has 2 aromatic heterocycles. The Kier molecular flexibility index (Phi) is 8.04. The van der Waals surface area contributed by atoms with Crippen molar-refractivity contribution in [2.24, 2.45) is 35.4 Å². The van der Waals surface area contributed by atoms with Crippen molar-refractivity contribution in [3.63, 3.8) is 0 Å². The highest BCUT2D eigenvalue weighted by molar-refractivity contribution is 6.51. The van der Waals surface area contributed by atoms with E-state index in [0.29, 0.717) is 46.0 Å². The maximum absolute atomic E-state index is 10.8. The molecule has 0 aliphatic carbocycles. The maximum Gasteiger partial charge on any atom is 0.809 e. The summed E-state index contributed by atoms with van der Waals surface area (Å²) in [7, 11) is 0. The van der Waals surface area contributed by atoms with Crippen LogP contribution in [0.1, 0.15) is 22.3 Å². The molecule has 3 N–H and O–H groups in total. The van der Waals surface area contributed by atoms with Crippen molar-refractivity contribution in [3.05, 3.63) is 179 Å². The smallest absolute Gasteiger partial charge is 0.464 e. The number of aliphatic imine (C=N–C) groups is 4. The van der Waals surface area contributed by atoms with Crippen LogP contribution in [0.4, 0.5) is 11.6 Å². The Bertz CT molecular complexity index is 3850. The van der Waals surface area contributed by atoms with E-state index in [-0.39, 0.29) is 6.61 Å². The summed E-state index contributed by atoms with van der Waals surface area (Å²) in [4.78, 5) is 32.9. The highest BCUT2D eigenvalue weighted by Gasteiger charge is 2.44. The molecule has 314 valence electrons. The molecule has 0 saturated carbocycles. The number of amidine groups is 4. The van der Waals surface area contributed by atoms with Gasteiger partial charge in [-0.15, -0.1) is 0 Å². The molecule has 0 atom stereocenters. The van der Waals surface area contributed by atoms with E-state index in [1.165, 1.54) is 0 Å². The Morgan fingerprint density at radius 2 is 0.712 bits per heavy atom. The van der Waals surface area contributed by atoms with Crippen LogP contribution in [-0.4, -0.2) is 87.1 Å². The summed E-state index contributed by atoms with van der Waals surface area (Å²) in [5, 5.41) is 43.9. The van der Waals surface area contributed by atoms with Gasteiger partial charge in [-0.1, -0.05) is 97.1 Å². The van der Waals surface area contributed by atoms with E-state index in [2.05, 4.69) is 104 Å². The van der Waals surface area contributed by atoms with Crippen LogP contribution in [0.25, 0.3) is 64.6 Å². The molecule has 6 bridgehead atoms. The zero-order valence-electron chi connectivity index (χ0n) is 35.1. The molecule has 4 aliphatic rings. The van der Waals surface area contributed by atoms with Gasteiger partial charge in [0.05, 0.1) is 25.2 Å². The van der Waals surface area contributed by atoms with Crippen LogP contribution < -0.4 is 11.0 Å². The molecule has 0 spiro atoms. The fraction of sp³-hybridized carbons (Fsp3) is 0.0943. The molecule has 0 saturated heterocycles. The first kappa shape index (κ1) is 37.9. The van der Waals surface area contributed by atoms with E-state index < -0.39 is 40.2 Å². The van der Waals surface area contributed by atoms with Crippen LogP contribution in [-0.2, 0) is 3.79 Å². The molecule has 0 unspecified atom stereocenters. The topological polar surface area (TPSA) is 154 Å². The molecule has 66 heavy (non-hydrogen) atoms. The molecule has 10 aromatic rings. The number of rotatable bonds is 6. The van der Waals surface area contributed by atoms with E-state index in [4.69, 9.17) is 33.7 Å². The summed E-state index contributed by atoms with van der Waals surface area (Å²) in [6.07, 6.45) is 0. The van der Waals surface area contributed by atoms with Crippen molar-refractivity contribution in [1.29, 1.82) is 0 Å². The van der Waals surface area contributed by atoms with Gasteiger partial charge in [0.2, 0.25) is 0 Å². The first-order valence-electron chi connectivity index (χ1n) is 21.9. The molecule has 14 rings (SSSR count). The summed E-state index contributed by atoms with van der Waals surface area (Å²) < 4.78 is 11.5. The lowest BCUT2D eigenvalue weighted by Crippen LogP contribution is -2.51.